The van der Waals surface area contributed by atoms with Gasteiger partial charge in [0, 0.05) is 19.6 Å². The van der Waals surface area contributed by atoms with Crippen LogP contribution in [0.25, 0.3) is 0 Å². The smallest absolute Gasteiger partial charge is 0.414 e. The Labute approximate surface area is 136 Å². The third kappa shape index (κ3) is 4.42. The number of piperidine rings is 1. The van der Waals surface area contributed by atoms with Crippen LogP contribution in [0.5, 0.6) is 0 Å². The van der Waals surface area contributed by atoms with Crippen LogP contribution in [0.2, 0.25) is 0 Å². The van der Waals surface area contributed by atoms with Gasteiger partial charge in [-0.15, -0.1) is 0 Å². The summed E-state index contributed by atoms with van der Waals surface area (Å²) in [4.78, 5) is 20.8. The van der Waals surface area contributed by atoms with Crippen LogP contribution in [-0.4, -0.2) is 46.7 Å². The van der Waals surface area contributed by atoms with Gasteiger partial charge in [-0.05, 0) is 43.2 Å². The van der Waals surface area contributed by atoms with Crippen LogP contribution < -0.4 is 0 Å². The van der Waals surface area contributed by atoms with Crippen molar-refractivity contribution in [2.75, 3.05) is 19.6 Å². The lowest BCUT2D eigenvalue weighted by Crippen LogP contribution is -2.35. The molecular weight excluding hydrogens is 294 g/mol. The van der Waals surface area contributed by atoms with Gasteiger partial charge in [0.25, 0.3) is 0 Å². The summed E-state index contributed by atoms with van der Waals surface area (Å²) in [5.41, 5.74) is 4.68. The van der Waals surface area contributed by atoms with E-state index in [0.29, 0.717) is 0 Å². The number of likely N-dealkylation sites (tertiary alicyclic amines) is 1. The van der Waals surface area contributed by atoms with Gasteiger partial charge in [0.2, 0.25) is 0 Å². The minimum absolute atomic E-state index is 0.788. The molecule has 1 aromatic rings. The van der Waals surface area contributed by atoms with Gasteiger partial charge in [0.1, 0.15) is 0 Å². The maximum atomic E-state index is 9.10. The van der Waals surface area contributed by atoms with E-state index in [1.807, 2.05) is 0 Å². The van der Waals surface area contributed by atoms with E-state index < -0.39 is 11.9 Å². The molecule has 1 fully saturated rings. The van der Waals surface area contributed by atoms with Crippen molar-refractivity contribution in [3.63, 3.8) is 0 Å². The van der Waals surface area contributed by atoms with Crippen molar-refractivity contribution in [3.05, 3.63) is 47.0 Å². The molecule has 2 atom stereocenters. The quantitative estimate of drug-likeness (QED) is 0.648. The molecular formula is C18H23NO4. The molecule has 5 heteroatoms. The molecule has 0 radical (unpaired) electrons. The van der Waals surface area contributed by atoms with Gasteiger partial charge in [-0.25, -0.2) is 9.59 Å². The Morgan fingerprint density at radius 2 is 1.57 bits per heavy atom. The molecule has 5 nitrogen and oxygen atoms in total. The highest BCUT2D eigenvalue weighted by atomic mass is 16.4. The first-order valence-electron chi connectivity index (χ1n) is 7.79. The molecule has 0 spiro atoms. The molecule has 1 aliphatic carbocycles. The maximum absolute atomic E-state index is 9.10. The molecule has 2 bridgehead atoms. The van der Waals surface area contributed by atoms with E-state index in [1.54, 1.807) is 11.1 Å². The lowest BCUT2D eigenvalue weighted by Gasteiger charge is -2.31. The summed E-state index contributed by atoms with van der Waals surface area (Å²) in [5, 5.41) is 14.8. The number of rotatable bonds is 2. The summed E-state index contributed by atoms with van der Waals surface area (Å²) < 4.78 is 0. The van der Waals surface area contributed by atoms with Crippen LogP contribution in [-0.2, 0) is 9.59 Å². The van der Waals surface area contributed by atoms with E-state index in [2.05, 4.69) is 49.1 Å². The zero-order valence-electron chi connectivity index (χ0n) is 13.5. The van der Waals surface area contributed by atoms with Crippen molar-refractivity contribution >= 4 is 11.9 Å². The van der Waals surface area contributed by atoms with E-state index in [0.717, 1.165) is 18.4 Å². The van der Waals surface area contributed by atoms with Crippen LogP contribution in [0.15, 0.2) is 35.9 Å². The molecule has 1 aromatic carbocycles. The second-order valence-electron chi connectivity index (χ2n) is 6.37. The Morgan fingerprint density at radius 1 is 1.09 bits per heavy atom. The van der Waals surface area contributed by atoms with E-state index in [9.17, 15) is 0 Å². The highest BCUT2D eigenvalue weighted by Gasteiger charge is 2.36. The second kappa shape index (κ2) is 7.42. The van der Waals surface area contributed by atoms with Gasteiger partial charge < -0.3 is 10.2 Å². The summed E-state index contributed by atoms with van der Waals surface area (Å²) in [6, 6.07) is 9.06. The Hall–Kier alpha value is -2.14. The molecule has 2 N–H and O–H groups in total. The third-order valence-corrected chi connectivity index (χ3v) is 4.34. The Kier molecular flexibility index (Phi) is 5.55. The molecule has 0 amide bonds. The fourth-order valence-electron chi connectivity index (χ4n) is 3.36. The number of carboxylic acids is 2. The first-order valence-corrected chi connectivity index (χ1v) is 7.79. The minimum Gasteiger partial charge on any atom is -0.473 e. The minimum atomic E-state index is -1.82. The van der Waals surface area contributed by atoms with Crippen LogP contribution in [0, 0.1) is 0 Å². The highest BCUT2D eigenvalue weighted by molar-refractivity contribution is 6.27. The monoisotopic (exact) mass is 317 g/mol. The molecule has 1 aliphatic heterocycles. The van der Waals surface area contributed by atoms with Crippen molar-refractivity contribution in [1.82, 2.24) is 4.90 Å². The number of hydrogen-bond donors (Lipinski definition) is 2. The van der Waals surface area contributed by atoms with Gasteiger partial charge in [-0.1, -0.05) is 35.9 Å². The fraction of sp³-hybridized carbons (Fsp3) is 0.444. The molecule has 0 aromatic heterocycles. The highest BCUT2D eigenvalue weighted by Crippen LogP contribution is 2.45. The summed E-state index contributed by atoms with van der Waals surface area (Å²) in [5.74, 6) is -2.07. The Bertz CT molecular complexity index is 576. The molecule has 1 heterocycles. The van der Waals surface area contributed by atoms with Crippen molar-refractivity contribution in [3.8, 4) is 0 Å². The molecule has 2 unspecified atom stereocenters. The molecule has 3 rings (SSSR count). The van der Waals surface area contributed by atoms with E-state index in [-0.39, 0.29) is 0 Å². The number of carboxylic acid groups (broad SMARTS) is 2. The number of nitrogens with zero attached hydrogens (tertiary/aromatic N) is 1. The standard InChI is InChI=1S/C16H21N.C2H2O4/c1-12(2)7-8-17-10-13-9-14(11-17)16-6-4-3-5-15(13)16;3-1(4)2(5)6/h3-7,13-14H,8-11H2,1-2H3;(H,3,4)(H,5,6). The van der Waals surface area contributed by atoms with Crippen LogP contribution in [0.4, 0.5) is 0 Å². The van der Waals surface area contributed by atoms with Crippen LogP contribution in [0.3, 0.4) is 0 Å². The first-order chi connectivity index (χ1) is 10.9. The summed E-state index contributed by atoms with van der Waals surface area (Å²) in [7, 11) is 0. The Balaban J connectivity index is 0.000000277. The average Bonchev–Trinajstić information content (AvgIpc) is 2.77. The number of carbonyl (C=O) groups is 2. The molecule has 0 saturated carbocycles. The topological polar surface area (TPSA) is 77.8 Å². The fourth-order valence-corrected chi connectivity index (χ4v) is 3.36. The molecule has 23 heavy (non-hydrogen) atoms. The SMILES string of the molecule is CC(C)=CCN1CC2CC(C1)c1ccccc12.O=C(O)C(=O)O. The van der Waals surface area contributed by atoms with Crippen molar-refractivity contribution < 1.29 is 19.8 Å². The van der Waals surface area contributed by atoms with Crippen LogP contribution >= 0.6 is 0 Å². The maximum Gasteiger partial charge on any atom is 0.414 e. The van der Waals surface area contributed by atoms with Gasteiger partial charge in [-0.2, -0.15) is 0 Å². The van der Waals surface area contributed by atoms with Gasteiger partial charge >= 0.3 is 11.9 Å². The number of benzene rings is 1. The number of hydrogen-bond acceptors (Lipinski definition) is 3. The Morgan fingerprint density at radius 3 is 1.96 bits per heavy atom. The van der Waals surface area contributed by atoms with Crippen LogP contribution in [0.1, 0.15) is 43.2 Å². The zero-order chi connectivity index (χ0) is 17.0. The molecule has 1 saturated heterocycles. The lowest BCUT2D eigenvalue weighted by molar-refractivity contribution is -0.159. The first kappa shape index (κ1) is 17.2. The predicted octanol–water partition coefficient (Wildman–Crippen LogP) is 2.69. The van der Waals surface area contributed by atoms with Gasteiger partial charge in [0.15, 0.2) is 0 Å². The third-order valence-electron chi connectivity index (χ3n) is 4.34. The number of allylic oxidation sites excluding steroid dienone is 1. The van der Waals surface area contributed by atoms with E-state index >= 15 is 0 Å². The van der Waals surface area contributed by atoms with E-state index in [4.69, 9.17) is 19.8 Å². The van der Waals surface area contributed by atoms with Gasteiger partial charge in [-0.3, -0.25) is 4.90 Å². The zero-order valence-corrected chi connectivity index (χ0v) is 13.5. The molecule has 2 aliphatic rings. The van der Waals surface area contributed by atoms with Crippen molar-refractivity contribution in [2.45, 2.75) is 32.1 Å². The largest absolute Gasteiger partial charge is 0.473 e. The van der Waals surface area contributed by atoms with Crippen molar-refractivity contribution in [1.29, 1.82) is 0 Å². The lowest BCUT2D eigenvalue weighted by atomic mass is 9.96. The average molecular weight is 317 g/mol. The second-order valence-corrected chi connectivity index (χ2v) is 6.37. The number of fused-ring (bicyclic) bond motifs is 5. The molecule has 124 valence electrons. The summed E-state index contributed by atoms with van der Waals surface area (Å²) >= 11 is 0. The van der Waals surface area contributed by atoms with E-state index in [1.165, 1.54) is 25.1 Å². The van der Waals surface area contributed by atoms with Gasteiger partial charge in [0.05, 0.1) is 0 Å². The summed E-state index contributed by atoms with van der Waals surface area (Å²) in [6.07, 6.45) is 3.74. The summed E-state index contributed by atoms with van der Waals surface area (Å²) in [6.45, 7) is 8.00. The van der Waals surface area contributed by atoms with Crippen molar-refractivity contribution in [2.24, 2.45) is 0 Å². The normalized spacial score (nSPS) is 21.7. The number of aliphatic carboxylic acids is 2. The predicted molar refractivity (Wildman–Crippen MR) is 87.7 cm³/mol.